The number of pyridine rings is 1. The second kappa shape index (κ2) is 5.41. The maximum atomic E-state index is 12.2. The third-order valence-electron chi connectivity index (χ3n) is 3.51. The zero-order chi connectivity index (χ0) is 15.7. The number of fused-ring (bicyclic) bond motifs is 2. The zero-order valence-corrected chi connectivity index (χ0v) is 13.1. The van der Waals surface area contributed by atoms with E-state index in [1.807, 2.05) is 51.1 Å². The van der Waals surface area contributed by atoms with Crippen molar-refractivity contribution in [3.05, 3.63) is 70.6 Å². The number of carbonyl (C=O) groups is 1. The highest BCUT2D eigenvalue weighted by atomic mass is 16.6. The van der Waals surface area contributed by atoms with Crippen LogP contribution in [0.3, 0.4) is 0 Å². The molecular formula is C19H19NO2. The fraction of sp³-hybridized carbons (Fsp3) is 0.263. The van der Waals surface area contributed by atoms with Crippen LogP contribution in [0.1, 0.15) is 32.0 Å². The van der Waals surface area contributed by atoms with E-state index >= 15 is 0 Å². The summed E-state index contributed by atoms with van der Waals surface area (Å²) in [5.41, 5.74) is 4.57. The molecule has 0 bridgehead atoms. The van der Waals surface area contributed by atoms with Gasteiger partial charge >= 0.3 is 5.97 Å². The van der Waals surface area contributed by atoms with E-state index < -0.39 is 5.60 Å². The van der Waals surface area contributed by atoms with Crippen molar-refractivity contribution in [1.29, 1.82) is 0 Å². The van der Waals surface area contributed by atoms with E-state index in [4.69, 9.17) is 4.74 Å². The lowest BCUT2D eigenvalue weighted by molar-refractivity contribution is -0.149. The first-order chi connectivity index (χ1) is 10.4. The summed E-state index contributed by atoms with van der Waals surface area (Å²) in [4.78, 5) is 16.6. The van der Waals surface area contributed by atoms with Crippen LogP contribution in [0.4, 0.5) is 0 Å². The Morgan fingerprint density at radius 1 is 1.23 bits per heavy atom. The van der Waals surface area contributed by atoms with Crippen molar-refractivity contribution in [2.75, 3.05) is 0 Å². The van der Waals surface area contributed by atoms with Crippen LogP contribution in [0.25, 0.3) is 6.08 Å². The minimum Gasteiger partial charge on any atom is -0.456 e. The molecule has 3 heteroatoms. The van der Waals surface area contributed by atoms with Gasteiger partial charge in [0.25, 0.3) is 0 Å². The van der Waals surface area contributed by atoms with Gasteiger partial charge in [0.1, 0.15) is 5.60 Å². The maximum absolute atomic E-state index is 12.2. The fourth-order valence-corrected chi connectivity index (χ4v) is 2.49. The number of rotatable bonds is 1. The lowest BCUT2D eigenvalue weighted by atomic mass is 9.91. The van der Waals surface area contributed by atoms with Crippen molar-refractivity contribution in [2.45, 2.75) is 32.8 Å². The van der Waals surface area contributed by atoms with Crippen molar-refractivity contribution in [2.24, 2.45) is 0 Å². The van der Waals surface area contributed by atoms with E-state index in [2.05, 4.69) is 17.1 Å². The standard InChI is InChI=1S/C19H19NO2/c1-19(2,3)22-18(21)13-6-8-14-11-16-5-4-10-20-17(16)12-15(14)9-7-13/h4-10,12H,11H2,1-3H3. The van der Waals surface area contributed by atoms with Gasteiger partial charge in [-0.25, -0.2) is 4.79 Å². The number of allylic oxidation sites excluding steroid dienone is 5. The smallest absolute Gasteiger partial charge is 0.338 e. The molecule has 112 valence electrons. The summed E-state index contributed by atoms with van der Waals surface area (Å²) in [5.74, 6) is -0.296. The summed E-state index contributed by atoms with van der Waals surface area (Å²) >= 11 is 0. The first kappa shape index (κ1) is 14.5. The molecule has 1 aromatic rings. The first-order valence-electron chi connectivity index (χ1n) is 7.41. The quantitative estimate of drug-likeness (QED) is 0.740. The summed E-state index contributed by atoms with van der Waals surface area (Å²) in [6.07, 6.45) is 12.3. The van der Waals surface area contributed by atoms with Crippen molar-refractivity contribution in [1.82, 2.24) is 4.98 Å². The number of hydrogen-bond acceptors (Lipinski definition) is 3. The second-order valence-electron chi connectivity index (χ2n) is 6.47. The van der Waals surface area contributed by atoms with E-state index in [9.17, 15) is 4.79 Å². The van der Waals surface area contributed by atoms with Crippen LogP contribution < -0.4 is 0 Å². The van der Waals surface area contributed by atoms with Crippen LogP contribution in [0.15, 0.2) is 59.4 Å². The molecule has 2 aliphatic rings. The van der Waals surface area contributed by atoms with E-state index in [-0.39, 0.29) is 5.97 Å². The molecule has 1 aromatic heterocycles. The van der Waals surface area contributed by atoms with E-state index in [1.54, 1.807) is 6.20 Å². The maximum Gasteiger partial charge on any atom is 0.338 e. The van der Waals surface area contributed by atoms with Gasteiger partial charge < -0.3 is 4.74 Å². The molecular weight excluding hydrogens is 274 g/mol. The Balaban J connectivity index is 1.90. The molecule has 0 saturated carbocycles. The number of aromatic nitrogens is 1. The van der Waals surface area contributed by atoms with Crippen LogP contribution in [0, 0.1) is 0 Å². The molecule has 22 heavy (non-hydrogen) atoms. The molecule has 3 nitrogen and oxygen atoms in total. The average Bonchev–Trinajstić information content (AvgIpc) is 2.65. The van der Waals surface area contributed by atoms with E-state index in [0.717, 1.165) is 17.7 Å². The SMILES string of the molecule is CC(C)(C)OC(=O)C1=CC=C2Cc3cccnc3C=C2C=C1. The highest BCUT2D eigenvalue weighted by Crippen LogP contribution is 2.29. The zero-order valence-electron chi connectivity index (χ0n) is 13.1. The summed E-state index contributed by atoms with van der Waals surface area (Å²) < 4.78 is 5.43. The highest BCUT2D eigenvalue weighted by Gasteiger charge is 2.20. The van der Waals surface area contributed by atoms with Crippen LogP contribution in [0.5, 0.6) is 0 Å². The van der Waals surface area contributed by atoms with E-state index in [0.29, 0.717) is 5.57 Å². The minimum absolute atomic E-state index is 0.296. The monoisotopic (exact) mass is 293 g/mol. The lowest BCUT2D eigenvalue weighted by Gasteiger charge is -2.19. The summed E-state index contributed by atoms with van der Waals surface area (Å²) in [6, 6.07) is 4.04. The molecule has 0 amide bonds. The largest absolute Gasteiger partial charge is 0.456 e. The van der Waals surface area contributed by atoms with E-state index in [1.165, 1.54) is 11.1 Å². The Bertz CT molecular complexity index is 743. The molecule has 0 unspecified atom stereocenters. The van der Waals surface area contributed by atoms with Gasteiger partial charge in [-0.3, -0.25) is 4.98 Å². The molecule has 0 radical (unpaired) electrons. The van der Waals surface area contributed by atoms with Gasteiger partial charge in [-0.2, -0.15) is 0 Å². The number of esters is 1. The van der Waals surface area contributed by atoms with Crippen LogP contribution in [-0.4, -0.2) is 16.6 Å². The Hall–Kier alpha value is -2.42. The van der Waals surface area contributed by atoms with Gasteiger partial charge in [-0.05, 0) is 61.8 Å². The summed E-state index contributed by atoms with van der Waals surface area (Å²) in [5, 5.41) is 0. The van der Waals surface area contributed by atoms with Crippen molar-refractivity contribution in [3.63, 3.8) is 0 Å². The molecule has 0 fully saturated rings. The van der Waals surface area contributed by atoms with Gasteiger partial charge in [0, 0.05) is 12.6 Å². The van der Waals surface area contributed by atoms with Gasteiger partial charge in [-0.15, -0.1) is 0 Å². The number of nitrogens with zero attached hydrogens (tertiary/aromatic N) is 1. The number of ether oxygens (including phenoxy) is 1. The fourth-order valence-electron chi connectivity index (χ4n) is 2.49. The van der Waals surface area contributed by atoms with Crippen LogP contribution in [0.2, 0.25) is 0 Å². The average molecular weight is 293 g/mol. The molecule has 0 N–H and O–H groups in total. The number of carbonyl (C=O) groups excluding carboxylic acids is 1. The normalized spacial score (nSPS) is 16.6. The minimum atomic E-state index is -0.489. The van der Waals surface area contributed by atoms with Gasteiger partial charge in [-0.1, -0.05) is 18.2 Å². The Morgan fingerprint density at radius 3 is 2.82 bits per heavy atom. The van der Waals surface area contributed by atoms with Crippen LogP contribution >= 0.6 is 0 Å². The molecule has 2 aliphatic carbocycles. The molecule has 0 aliphatic heterocycles. The number of hydrogen-bond donors (Lipinski definition) is 0. The van der Waals surface area contributed by atoms with Gasteiger partial charge in [0.2, 0.25) is 0 Å². The third kappa shape index (κ3) is 3.08. The topological polar surface area (TPSA) is 39.2 Å². The molecule has 0 saturated heterocycles. The molecule has 0 spiro atoms. The molecule has 1 heterocycles. The predicted octanol–water partition coefficient (Wildman–Crippen LogP) is 3.79. The third-order valence-corrected chi connectivity index (χ3v) is 3.51. The van der Waals surface area contributed by atoms with Gasteiger partial charge in [0.05, 0.1) is 11.3 Å². The van der Waals surface area contributed by atoms with Crippen LogP contribution in [-0.2, 0) is 16.0 Å². The first-order valence-corrected chi connectivity index (χ1v) is 7.41. The molecule has 0 aromatic carbocycles. The lowest BCUT2D eigenvalue weighted by Crippen LogP contribution is -2.24. The second-order valence-corrected chi connectivity index (χ2v) is 6.47. The van der Waals surface area contributed by atoms with Crippen molar-refractivity contribution >= 4 is 12.0 Å². The predicted molar refractivity (Wildman–Crippen MR) is 87.1 cm³/mol. The van der Waals surface area contributed by atoms with Gasteiger partial charge in [0.15, 0.2) is 0 Å². The Morgan fingerprint density at radius 2 is 2.05 bits per heavy atom. The highest BCUT2D eigenvalue weighted by molar-refractivity contribution is 5.93. The molecule has 0 atom stereocenters. The van der Waals surface area contributed by atoms with Crippen molar-refractivity contribution < 1.29 is 9.53 Å². The summed E-state index contributed by atoms with van der Waals surface area (Å²) in [6.45, 7) is 5.61. The summed E-state index contributed by atoms with van der Waals surface area (Å²) in [7, 11) is 0. The van der Waals surface area contributed by atoms with Crippen molar-refractivity contribution in [3.8, 4) is 0 Å². The Kier molecular flexibility index (Phi) is 3.57. The molecule has 3 rings (SSSR count). The Labute approximate surface area is 130 Å².